The highest BCUT2D eigenvalue weighted by Gasteiger charge is 2.27. The van der Waals surface area contributed by atoms with Crippen molar-refractivity contribution < 1.29 is 48.5 Å². The number of ketones is 1. The molecule has 1 aliphatic rings. The van der Waals surface area contributed by atoms with Gasteiger partial charge in [-0.25, -0.2) is 0 Å². The normalized spacial score (nSPS) is 15.0. The van der Waals surface area contributed by atoms with E-state index in [4.69, 9.17) is 48.6 Å². The molecule has 2 rings (SSSR count). The summed E-state index contributed by atoms with van der Waals surface area (Å²) in [7, 11) is 0. The first-order valence-corrected chi connectivity index (χ1v) is 15.6. The highest BCUT2D eigenvalue weighted by Crippen LogP contribution is 2.36. The summed E-state index contributed by atoms with van der Waals surface area (Å²) in [6, 6.07) is 0.505. The molecule has 0 saturated carbocycles. The molecule has 1 saturated heterocycles. The molecule has 1 fully saturated rings. The molecule has 1 heterocycles. The molecule has 0 aromatic heterocycles. The van der Waals surface area contributed by atoms with E-state index >= 15 is 0 Å². The van der Waals surface area contributed by atoms with Gasteiger partial charge in [-0.1, -0.05) is 30.1 Å². The van der Waals surface area contributed by atoms with Gasteiger partial charge >= 0.3 is 11.9 Å². The fourth-order valence-electron chi connectivity index (χ4n) is 3.95. The lowest BCUT2D eigenvalue weighted by atomic mass is 9.97. The molecule has 17 heteroatoms. The number of halogens is 2. The molecule has 3 amide bonds. The molecule has 3 atom stereocenters. The Morgan fingerprint density at radius 2 is 1.77 bits per heavy atom. The Balaban J connectivity index is 2.01. The smallest absolute Gasteiger partial charge is 0.322 e. The lowest BCUT2D eigenvalue weighted by Gasteiger charge is -2.26. The van der Waals surface area contributed by atoms with Gasteiger partial charge in [0.15, 0.2) is 12.4 Å². The molecule has 1 aromatic rings. The molecule has 244 valence electrons. The van der Waals surface area contributed by atoms with E-state index in [9.17, 15) is 28.8 Å². The number of morpholine rings is 1. The summed E-state index contributed by atoms with van der Waals surface area (Å²) in [5, 5.41) is 22.4. The van der Waals surface area contributed by atoms with E-state index in [1.165, 1.54) is 23.9 Å². The number of nitrogens with zero attached hydrogens (tertiary/aromatic N) is 1. The number of Topliss-reactive ketones (excluding diaryl/α,β-unsaturated/α-hetero) is 1. The number of nitrogens with two attached hydrogens (primary N) is 1. The van der Waals surface area contributed by atoms with Gasteiger partial charge in [-0.2, -0.15) is 11.8 Å². The predicted octanol–water partition coefficient (Wildman–Crippen LogP) is 1.05. The Kier molecular flexibility index (Phi) is 15.7. The van der Waals surface area contributed by atoms with Crippen LogP contribution < -0.4 is 21.1 Å². The van der Waals surface area contributed by atoms with Gasteiger partial charge in [0.2, 0.25) is 11.8 Å². The van der Waals surface area contributed by atoms with Crippen LogP contribution in [0.1, 0.15) is 36.5 Å². The number of carbonyl (C=O) groups excluding carboxylic acids is 4. The fraction of sp³-hybridized carbons (Fsp3) is 0.556. The molecule has 0 spiro atoms. The largest absolute Gasteiger partial charge is 0.482 e. The minimum Gasteiger partial charge on any atom is -0.482 e. The maximum absolute atomic E-state index is 13.4. The van der Waals surface area contributed by atoms with Gasteiger partial charge in [0.05, 0.1) is 18.2 Å². The van der Waals surface area contributed by atoms with Crippen molar-refractivity contribution >= 4 is 70.4 Å². The van der Waals surface area contributed by atoms with E-state index in [-0.39, 0.29) is 64.0 Å². The minimum atomic E-state index is -1.28. The van der Waals surface area contributed by atoms with Crippen LogP contribution in [0.2, 0.25) is 10.0 Å². The van der Waals surface area contributed by atoms with Crippen molar-refractivity contribution in [2.24, 2.45) is 11.7 Å². The summed E-state index contributed by atoms with van der Waals surface area (Å²) >= 11 is 14.0. The van der Waals surface area contributed by atoms with Crippen molar-refractivity contribution in [2.45, 2.75) is 38.3 Å². The van der Waals surface area contributed by atoms with Crippen LogP contribution in [0, 0.1) is 5.92 Å². The summed E-state index contributed by atoms with van der Waals surface area (Å²) in [4.78, 5) is 74.1. The number of benzene rings is 1. The Labute approximate surface area is 268 Å². The Morgan fingerprint density at radius 3 is 2.39 bits per heavy atom. The summed E-state index contributed by atoms with van der Waals surface area (Å²) in [5.41, 5.74) is 5.57. The SMILES string of the molecule is CCC(CSC[C@H](NC(=O)CC[C@H](N)C(=O)O)C(=O)NCC(=O)O)C(=O)c1ccc(OCC(=O)N2CCOCC2)c(Cl)c1Cl. The lowest BCUT2D eigenvalue weighted by molar-refractivity contribution is -0.139. The van der Waals surface area contributed by atoms with E-state index in [2.05, 4.69) is 10.6 Å². The van der Waals surface area contributed by atoms with Gasteiger partial charge in [-0.3, -0.25) is 28.8 Å². The molecule has 0 radical (unpaired) electrons. The van der Waals surface area contributed by atoms with Gasteiger partial charge in [-0.15, -0.1) is 0 Å². The summed E-state index contributed by atoms with van der Waals surface area (Å²) in [6.07, 6.45) is -0.0276. The molecule has 6 N–H and O–H groups in total. The van der Waals surface area contributed by atoms with Crippen molar-refractivity contribution in [3.05, 3.63) is 27.7 Å². The summed E-state index contributed by atoms with van der Waals surface area (Å²) < 4.78 is 10.8. The molecule has 0 aliphatic carbocycles. The molecule has 1 unspecified atom stereocenters. The molecule has 14 nitrogen and oxygen atoms in total. The average molecular weight is 680 g/mol. The van der Waals surface area contributed by atoms with E-state index in [0.29, 0.717) is 32.7 Å². The van der Waals surface area contributed by atoms with Crippen LogP contribution in [0.3, 0.4) is 0 Å². The zero-order chi connectivity index (χ0) is 32.8. The average Bonchev–Trinajstić information content (AvgIpc) is 3.00. The molecule has 1 aliphatic heterocycles. The van der Waals surface area contributed by atoms with Crippen LogP contribution in [0.4, 0.5) is 0 Å². The van der Waals surface area contributed by atoms with Crippen LogP contribution >= 0.6 is 35.0 Å². The molecular weight excluding hydrogens is 643 g/mol. The number of hydrogen-bond donors (Lipinski definition) is 5. The first-order valence-electron chi connectivity index (χ1n) is 13.7. The molecule has 1 aromatic carbocycles. The highest BCUT2D eigenvalue weighted by atomic mass is 35.5. The van der Waals surface area contributed by atoms with E-state index in [0.717, 1.165) is 0 Å². The number of thioether (sulfide) groups is 1. The minimum absolute atomic E-state index is 0.00953. The third kappa shape index (κ3) is 11.8. The third-order valence-corrected chi connectivity index (χ3v) is 8.63. The number of carboxylic acid groups (broad SMARTS) is 2. The maximum Gasteiger partial charge on any atom is 0.322 e. The molecular formula is C27H36Cl2N4O10S. The Hall–Kier alpha value is -3.11. The number of rotatable bonds is 18. The van der Waals surface area contributed by atoms with Crippen molar-refractivity contribution in [3.63, 3.8) is 0 Å². The van der Waals surface area contributed by atoms with Crippen LogP contribution in [0.5, 0.6) is 5.75 Å². The van der Waals surface area contributed by atoms with Crippen LogP contribution in [-0.2, 0) is 28.7 Å². The van der Waals surface area contributed by atoms with Crippen molar-refractivity contribution in [2.75, 3.05) is 51.0 Å². The number of nitrogens with one attached hydrogen (secondary N) is 2. The second-order valence-corrected chi connectivity index (χ2v) is 11.6. The van der Waals surface area contributed by atoms with Gasteiger partial charge in [0.25, 0.3) is 5.91 Å². The number of ether oxygens (including phenoxy) is 2. The first-order chi connectivity index (χ1) is 20.8. The topological polar surface area (TPSA) is 215 Å². The third-order valence-electron chi connectivity index (χ3n) is 6.56. The van der Waals surface area contributed by atoms with Gasteiger partial charge in [-0.05, 0) is 25.0 Å². The van der Waals surface area contributed by atoms with Crippen LogP contribution in [-0.4, -0.2) is 114 Å². The lowest BCUT2D eigenvalue weighted by Crippen LogP contribution is -2.49. The summed E-state index contributed by atoms with van der Waals surface area (Å²) in [5.74, 6) is -4.72. The first kappa shape index (κ1) is 37.1. The second kappa shape index (κ2) is 18.6. The summed E-state index contributed by atoms with van der Waals surface area (Å²) in [6.45, 7) is 2.67. The second-order valence-electron chi connectivity index (χ2n) is 9.74. The standard InChI is InChI=1S/C27H36Cl2N4O10S/c1-2-15(13-44-14-18(26(39)31-11-22(36)37)32-20(34)6-4-17(30)27(40)41)25(38)16-3-5-19(24(29)23(16)28)43-12-21(35)33-7-9-42-10-8-33/h3,5,15,17-18H,2,4,6-14,30H2,1H3,(H,31,39)(H,32,34)(H,36,37)(H,40,41)/t15?,17-,18-/m0/s1. The van der Waals surface area contributed by atoms with E-state index < -0.39 is 48.3 Å². The van der Waals surface area contributed by atoms with Crippen molar-refractivity contribution in [3.8, 4) is 5.75 Å². The molecule has 0 bridgehead atoms. The fourth-order valence-corrected chi connectivity index (χ4v) is 5.70. The number of carboxylic acids is 2. The Bertz CT molecular complexity index is 1220. The number of aliphatic carboxylic acids is 2. The van der Waals surface area contributed by atoms with Crippen molar-refractivity contribution in [1.29, 1.82) is 0 Å². The number of hydrogen-bond acceptors (Lipinski definition) is 10. The number of carbonyl (C=O) groups is 6. The predicted molar refractivity (Wildman–Crippen MR) is 162 cm³/mol. The number of amides is 3. The van der Waals surface area contributed by atoms with Gasteiger partial charge in [0.1, 0.15) is 29.4 Å². The van der Waals surface area contributed by atoms with E-state index in [1.54, 1.807) is 11.8 Å². The molecule has 44 heavy (non-hydrogen) atoms. The van der Waals surface area contributed by atoms with Crippen molar-refractivity contribution in [1.82, 2.24) is 15.5 Å². The van der Waals surface area contributed by atoms with Gasteiger partial charge < -0.3 is 41.0 Å². The van der Waals surface area contributed by atoms with E-state index in [1.807, 2.05) is 0 Å². The highest BCUT2D eigenvalue weighted by molar-refractivity contribution is 7.99. The monoisotopic (exact) mass is 678 g/mol. The zero-order valence-corrected chi connectivity index (χ0v) is 26.3. The van der Waals surface area contributed by atoms with Crippen LogP contribution in [0.25, 0.3) is 0 Å². The quantitative estimate of drug-likeness (QED) is 0.138. The Morgan fingerprint density at radius 1 is 1.09 bits per heavy atom. The maximum atomic E-state index is 13.4. The van der Waals surface area contributed by atoms with Crippen LogP contribution in [0.15, 0.2) is 12.1 Å². The zero-order valence-electron chi connectivity index (χ0n) is 24.0. The van der Waals surface area contributed by atoms with Gasteiger partial charge in [0, 0.05) is 42.5 Å².